The first-order valence-electron chi connectivity index (χ1n) is 7.39. The van der Waals surface area contributed by atoms with E-state index < -0.39 is 56.5 Å². The second kappa shape index (κ2) is 7.96. The number of carbonyl (C=O) groups is 1. The van der Waals surface area contributed by atoms with Crippen LogP contribution in [0.15, 0.2) is 24.8 Å². The van der Waals surface area contributed by atoms with Crippen molar-refractivity contribution in [3.8, 4) is 11.8 Å². The van der Waals surface area contributed by atoms with Gasteiger partial charge in [0.2, 0.25) is 0 Å². The van der Waals surface area contributed by atoms with Gasteiger partial charge in [0.15, 0.2) is 5.69 Å². The molecule has 1 heterocycles. The van der Waals surface area contributed by atoms with E-state index in [1.54, 1.807) is 0 Å². The maximum absolute atomic E-state index is 13.0. The number of nitrogens with one attached hydrogen (secondary N) is 1. The molecule has 0 unspecified atom stereocenters. The molecule has 1 N–H and O–H groups in total. The predicted molar refractivity (Wildman–Crippen MR) is 92.4 cm³/mol. The Balaban J connectivity index is 2.84. The molecule has 13 heteroatoms. The van der Waals surface area contributed by atoms with Gasteiger partial charge in [-0.25, -0.2) is 4.68 Å². The van der Waals surface area contributed by atoms with Crippen LogP contribution in [0.1, 0.15) is 21.6 Å². The number of ketones is 1. The maximum atomic E-state index is 13.0. The number of halogens is 8. The number of nitrogens with zero attached hydrogens (tertiary/aromatic N) is 3. The molecule has 0 spiro atoms. The summed E-state index contributed by atoms with van der Waals surface area (Å²) in [6.45, 7) is 3.18. The summed E-state index contributed by atoms with van der Waals surface area (Å²) in [5.74, 6) is -3.02. The van der Waals surface area contributed by atoms with Crippen LogP contribution in [0.2, 0.25) is 10.0 Å². The topological polar surface area (TPSA) is 70.7 Å². The number of alkyl halides is 6. The van der Waals surface area contributed by atoms with Crippen LogP contribution >= 0.6 is 23.2 Å². The highest BCUT2D eigenvalue weighted by atomic mass is 35.5. The van der Waals surface area contributed by atoms with Crippen molar-refractivity contribution in [3.05, 3.63) is 51.7 Å². The average Bonchev–Trinajstić information content (AvgIpc) is 2.94. The van der Waals surface area contributed by atoms with Crippen LogP contribution in [-0.4, -0.2) is 28.3 Å². The van der Waals surface area contributed by atoms with Crippen LogP contribution in [0, 0.1) is 11.3 Å². The molecule has 0 amide bonds. The molecule has 0 aliphatic carbocycles. The van der Waals surface area contributed by atoms with Gasteiger partial charge in [-0.2, -0.15) is 36.7 Å². The highest BCUT2D eigenvalue weighted by Gasteiger charge is 2.44. The minimum Gasteiger partial charge on any atom is -0.366 e. The summed E-state index contributed by atoms with van der Waals surface area (Å²) in [6, 6.07) is 2.32. The molecular weight excluding hydrogens is 449 g/mol. The van der Waals surface area contributed by atoms with E-state index in [2.05, 4.69) is 17.0 Å². The van der Waals surface area contributed by atoms with Crippen molar-refractivity contribution in [1.82, 2.24) is 9.78 Å². The Morgan fingerprint density at radius 2 is 1.79 bits per heavy atom. The molecule has 0 aliphatic rings. The lowest BCUT2D eigenvalue weighted by Crippen LogP contribution is -2.24. The van der Waals surface area contributed by atoms with Gasteiger partial charge in [0.1, 0.15) is 23.1 Å². The van der Waals surface area contributed by atoms with Gasteiger partial charge >= 0.3 is 12.4 Å². The maximum Gasteiger partial charge on any atom is 0.455 e. The Bertz CT molecular complexity index is 997. The largest absolute Gasteiger partial charge is 0.455 e. The van der Waals surface area contributed by atoms with Crippen LogP contribution in [0.25, 0.3) is 5.69 Å². The minimum absolute atomic E-state index is 0.176. The van der Waals surface area contributed by atoms with Crippen LogP contribution in [0.5, 0.6) is 0 Å². The number of hydrogen-bond acceptors (Lipinski definition) is 4. The van der Waals surface area contributed by atoms with Gasteiger partial charge in [-0.3, -0.25) is 4.79 Å². The number of hydrogen-bond donors (Lipinski definition) is 1. The molecule has 0 fully saturated rings. The SMILES string of the molecule is C=CCNc1c(C(=O)C(F)(F)F)c(C#N)nn1-c1c(Cl)cc(C(F)(F)F)cc1Cl. The van der Waals surface area contributed by atoms with Gasteiger partial charge < -0.3 is 5.32 Å². The lowest BCUT2D eigenvalue weighted by atomic mass is 10.1. The molecule has 2 aromatic rings. The molecule has 0 saturated carbocycles. The first kappa shape index (κ1) is 22.6. The highest BCUT2D eigenvalue weighted by Crippen LogP contribution is 2.40. The third kappa shape index (κ3) is 4.49. The van der Waals surface area contributed by atoms with Gasteiger partial charge in [-0.1, -0.05) is 29.3 Å². The second-order valence-corrected chi connectivity index (χ2v) is 6.19. The Morgan fingerprint density at radius 1 is 1.24 bits per heavy atom. The van der Waals surface area contributed by atoms with E-state index in [1.807, 2.05) is 0 Å². The summed E-state index contributed by atoms with van der Waals surface area (Å²) in [5.41, 5.74) is -3.72. The van der Waals surface area contributed by atoms with E-state index in [1.165, 1.54) is 12.1 Å². The molecule has 0 saturated heterocycles. The lowest BCUT2D eigenvalue weighted by molar-refractivity contribution is -0.137. The summed E-state index contributed by atoms with van der Waals surface area (Å²) < 4.78 is 78.3. The van der Waals surface area contributed by atoms with E-state index in [0.29, 0.717) is 16.8 Å². The number of benzene rings is 1. The van der Waals surface area contributed by atoms with Crippen molar-refractivity contribution in [2.24, 2.45) is 0 Å². The summed E-state index contributed by atoms with van der Waals surface area (Å²) in [7, 11) is 0. The predicted octanol–water partition coefficient (Wildman–Crippen LogP) is 5.41. The summed E-state index contributed by atoms with van der Waals surface area (Å²) in [5, 5.41) is 13.9. The molecule has 29 heavy (non-hydrogen) atoms. The van der Waals surface area contributed by atoms with Gasteiger partial charge in [0, 0.05) is 6.54 Å². The molecule has 0 radical (unpaired) electrons. The minimum atomic E-state index is -5.35. The zero-order valence-corrected chi connectivity index (χ0v) is 15.4. The fraction of sp³-hybridized carbons (Fsp3) is 0.188. The van der Waals surface area contributed by atoms with E-state index in [9.17, 15) is 31.1 Å². The van der Waals surface area contributed by atoms with Crippen molar-refractivity contribution < 1.29 is 31.1 Å². The van der Waals surface area contributed by atoms with Crippen LogP contribution < -0.4 is 5.32 Å². The summed E-state index contributed by atoms with van der Waals surface area (Å²) in [4.78, 5) is 11.8. The average molecular weight is 457 g/mol. The zero-order valence-electron chi connectivity index (χ0n) is 13.9. The van der Waals surface area contributed by atoms with Crippen LogP contribution in [-0.2, 0) is 6.18 Å². The number of nitriles is 1. The molecule has 154 valence electrons. The highest BCUT2D eigenvalue weighted by molar-refractivity contribution is 6.38. The summed E-state index contributed by atoms with van der Waals surface area (Å²) in [6.07, 6.45) is -8.92. The van der Waals surface area contributed by atoms with Crippen LogP contribution in [0.4, 0.5) is 32.2 Å². The fourth-order valence-electron chi connectivity index (χ4n) is 2.28. The molecule has 1 aromatic carbocycles. The monoisotopic (exact) mass is 456 g/mol. The molecule has 1 aromatic heterocycles. The Labute approximate surface area is 169 Å². The van der Waals surface area contributed by atoms with Gasteiger partial charge in [0.25, 0.3) is 5.78 Å². The van der Waals surface area contributed by atoms with Crippen molar-refractivity contribution in [1.29, 1.82) is 5.26 Å². The molecule has 2 rings (SSSR count). The molecular formula is C16H8Cl2F6N4O. The number of rotatable bonds is 5. The molecule has 0 atom stereocenters. The third-order valence-corrected chi connectivity index (χ3v) is 4.02. The van der Waals surface area contributed by atoms with E-state index >= 15 is 0 Å². The summed E-state index contributed by atoms with van der Waals surface area (Å²) >= 11 is 11.7. The quantitative estimate of drug-likeness (QED) is 0.370. The number of anilines is 1. The van der Waals surface area contributed by atoms with E-state index in [4.69, 9.17) is 28.5 Å². The Hall–Kier alpha value is -2.71. The lowest BCUT2D eigenvalue weighted by Gasteiger charge is -2.15. The van der Waals surface area contributed by atoms with Crippen molar-refractivity contribution in [2.75, 3.05) is 11.9 Å². The zero-order chi connectivity index (χ0) is 22.1. The first-order valence-corrected chi connectivity index (χ1v) is 8.14. The number of aromatic nitrogens is 2. The fourth-order valence-corrected chi connectivity index (χ4v) is 2.93. The molecule has 5 nitrogen and oxygen atoms in total. The second-order valence-electron chi connectivity index (χ2n) is 5.38. The number of carbonyl (C=O) groups excluding carboxylic acids is 1. The molecule has 0 bridgehead atoms. The van der Waals surface area contributed by atoms with Crippen molar-refractivity contribution in [2.45, 2.75) is 12.4 Å². The van der Waals surface area contributed by atoms with Crippen LogP contribution in [0.3, 0.4) is 0 Å². The van der Waals surface area contributed by atoms with Gasteiger partial charge in [-0.05, 0) is 12.1 Å². The standard InChI is InChI=1S/C16H8Cl2F6N4O/c1-2-3-26-14-11(13(29)16(22,23)24)10(6-25)27-28(14)12-8(17)4-7(5-9(12)18)15(19,20)21/h2,4-5,26H,1,3H2. The first-order chi connectivity index (χ1) is 13.3. The number of Topliss-reactive ketones (excluding diaryl/α,β-unsaturated/α-hetero) is 1. The smallest absolute Gasteiger partial charge is 0.366 e. The third-order valence-electron chi connectivity index (χ3n) is 3.45. The Kier molecular flexibility index (Phi) is 6.20. The van der Waals surface area contributed by atoms with Crippen molar-refractivity contribution >= 4 is 34.8 Å². The van der Waals surface area contributed by atoms with Gasteiger partial charge in [-0.15, -0.1) is 6.58 Å². The Morgan fingerprint density at radius 3 is 2.21 bits per heavy atom. The normalized spacial score (nSPS) is 11.8. The van der Waals surface area contributed by atoms with E-state index in [0.717, 1.165) is 0 Å². The van der Waals surface area contributed by atoms with E-state index in [-0.39, 0.29) is 6.54 Å². The van der Waals surface area contributed by atoms with Gasteiger partial charge in [0.05, 0.1) is 15.6 Å². The molecule has 0 aliphatic heterocycles. The van der Waals surface area contributed by atoms with Crippen molar-refractivity contribution in [3.63, 3.8) is 0 Å².